The molecule has 1 aromatic carbocycles. The molecule has 0 aromatic heterocycles. The Labute approximate surface area is 120 Å². The molecular weight excluding hydrogens is 266 g/mol. The Kier molecular flexibility index (Phi) is 8.19. The highest BCUT2D eigenvalue weighted by atomic mass is 35.5. The van der Waals surface area contributed by atoms with Crippen LogP contribution in [-0.4, -0.2) is 23.7 Å². The van der Waals surface area contributed by atoms with Crippen LogP contribution in [0.3, 0.4) is 0 Å². The lowest BCUT2D eigenvalue weighted by Gasteiger charge is -2.10. The van der Waals surface area contributed by atoms with Crippen LogP contribution in [0.1, 0.15) is 25.8 Å². The van der Waals surface area contributed by atoms with Crippen LogP contribution in [0.25, 0.3) is 0 Å². The number of carboxylic acids is 1. The second kappa shape index (κ2) is 8.77. The van der Waals surface area contributed by atoms with Crippen molar-refractivity contribution >= 4 is 18.4 Å². The fraction of sp³-hybridized carbons (Fsp3) is 0.500. The first-order chi connectivity index (χ1) is 8.49. The van der Waals surface area contributed by atoms with E-state index in [4.69, 9.17) is 15.6 Å². The number of hydrogen-bond donors (Lipinski definition) is 2. The molecule has 0 aliphatic rings. The van der Waals surface area contributed by atoms with Crippen LogP contribution in [0.5, 0.6) is 5.75 Å². The Morgan fingerprint density at radius 1 is 1.32 bits per heavy atom. The van der Waals surface area contributed by atoms with Gasteiger partial charge in [-0.05, 0) is 36.5 Å². The molecule has 19 heavy (non-hydrogen) atoms. The lowest BCUT2D eigenvalue weighted by atomic mass is 10.1. The predicted molar refractivity (Wildman–Crippen MR) is 78.0 cm³/mol. The lowest BCUT2D eigenvalue weighted by molar-refractivity contribution is -0.138. The summed E-state index contributed by atoms with van der Waals surface area (Å²) in [5, 5.41) is 8.72. The number of ether oxygens (including phenoxy) is 1. The van der Waals surface area contributed by atoms with Crippen molar-refractivity contribution in [1.29, 1.82) is 0 Å². The molecule has 1 rings (SSSR count). The van der Waals surface area contributed by atoms with Crippen LogP contribution in [0.4, 0.5) is 0 Å². The summed E-state index contributed by atoms with van der Waals surface area (Å²) < 4.78 is 5.58. The van der Waals surface area contributed by atoms with E-state index in [0.29, 0.717) is 18.9 Å². The van der Waals surface area contributed by atoms with Crippen LogP contribution in [0.2, 0.25) is 0 Å². The van der Waals surface area contributed by atoms with Crippen LogP contribution in [0, 0.1) is 5.92 Å². The van der Waals surface area contributed by atoms with Gasteiger partial charge in [-0.25, -0.2) is 0 Å². The van der Waals surface area contributed by atoms with Crippen LogP contribution in [-0.2, 0) is 11.2 Å². The highest BCUT2D eigenvalue weighted by Gasteiger charge is 2.11. The van der Waals surface area contributed by atoms with Crippen LogP contribution >= 0.6 is 12.4 Å². The molecule has 1 aromatic rings. The maximum absolute atomic E-state index is 10.6. The van der Waals surface area contributed by atoms with Crippen molar-refractivity contribution in [3.05, 3.63) is 29.8 Å². The first-order valence-electron chi connectivity index (χ1n) is 6.19. The van der Waals surface area contributed by atoms with E-state index < -0.39 is 12.0 Å². The van der Waals surface area contributed by atoms with Gasteiger partial charge in [0.25, 0.3) is 0 Å². The van der Waals surface area contributed by atoms with Gasteiger partial charge in [-0.2, -0.15) is 0 Å². The Morgan fingerprint density at radius 3 is 2.37 bits per heavy atom. The Balaban J connectivity index is 0.00000324. The quantitative estimate of drug-likeness (QED) is 0.808. The van der Waals surface area contributed by atoms with Gasteiger partial charge in [-0.1, -0.05) is 26.0 Å². The number of nitrogens with two attached hydrogens (primary N) is 1. The third-order valence-corrected chi connectivity index (χ3v) is 2.66. The third kappa shape index (κ3) is 7.03. The van der Waals surface area contributed by atoms with Crippen molar-refractivity contribution in [3.8, 4) is 5.75 Å². The van der Waals surface area contributed by atoms with Gasteiger partial charge in [0.2, 0.25) is 0 Å². The average Bonchev–Trinajstić information content (AvgIpc) is 2.30. The number of carbonyl (C=O) groups is 1. The molecule has 0 fully saturated rings. The molecule has 0 saturated carbocycles. The topological polar surface area (TPSA) is 72.5 Å². The van der Waals surface area contributed by atoms with E-state index in [9.17, 15) is 4.79 Å². The number of rotatable bonds is 7. The van der Waals surface area contributed by atoms with E-state index in [-0.39, 0.29) is 12.4 Å². The first kappa shape index (κ1) is 17.7. The maximum Gasteiger partial charge on any atom is 0.320 e. The summed E-state index contributed by atoms with van der Waals surface area (Å²) in [6, 6.07) is 6.56. The van der Waals surface area contributed by atoms with Crippen molar-refractivity contribution in [3.63, 3.8) is 0 Å². The molecule has 0 amide bonds. The highest BCUT2D eigenvalue weighted by Crippen LogP contribution is 2.14. The zero-order valence-corrected chi connectivity index (χ0v) is 12.2. The lowest BCUT2D eigenvalue weighted by Crippen LogP contribution is -2.32. The molecule has 0 radical (unpaired) electrons. The molecule has 3 N–H and O–H groups in total. The molecule has 0 bridgehead atoms. The minimum Gasteiger partial charge on any atom is -0.494 e. The van der Waals surface area contributed by atoms with Gasteiger partial charge in [0.1, 0.15) is 11.8 Å². The summed E-state index contributed by atoms with van der Waals surface area (Å²) in [5.41, 5.74) is 6.37. The minimum absolute atomic E-state index is 0. The molecule has 5 heteroatoms. The SMILES string of the molecule is CC(C)CCOc1ccc(C[C@H](N)C(=O)O)cc1.Cl. The van der Waals surface area contributed by atoms with Crippen LogP contribution in [0.15, 0.2) is 24.3 Å². The smallest absolute Gasteiger partial charge is 0.320 e. The predicted octanol–water partition coefficient (Wildman–Crippen LogP) is 2.49. The van der Waals surface area contributed by atoms with Gasteiger partial charge in [-0.15, -0.1) is 12.4 Å². The summed E-state index contributed by atoms with van der Waals surface area (Å²) >= 11 is 0. The van der Waals surface area contributed by atoms with Gasteiger partial charge in [-0.3, -0.25) is 4.79 Å². The second-order valence-electron chi connectivity index (χ2n) is 4.82. The zero-order chi connectivity index (χ0) is 13.5. The van der Waals surface area contributed by atoms with Gasteiger partial charge in [0.15, 0.2) is 0 Å². The van der Waals surface area contributed by atoms with Crippen molar-refractivity contribution in [2.45, 2.75) is 32.7 Å². The fourth-order valence-electron chi connectivity index (χ4n) is 1.48. The third-order valence-electron chi connectivity index (χ3n) is 2.66. The largest absolute Gasteiger partial charge is 0.494 e. The Hall–Kier alpha value is -1.26. The molecule has 0 spiro atoms. The molecular formula is C14H22ClNO3. The number of hydrogen-bond acceptors (Lipinski definition) is 3. The summed E-state index contributed by atoms with van der Waals surface area (Å²) in [5.74, 6) is 0.452. The van der Waals surface area contributed by atoms with Crippen molar-refractivity contribution in [2.75, 3.05) is 6.61 Å². The van der Waals surface area contributed by atoms with E-state index in [2.05, 4.69) is 13.8 Å². The molecule has 0 saturated heterocycles. The summed E-state index contributed by atoms with van der Waals surface area (Å²) in [6.07, 6.45) is 1.35. The van der Waals surface area contributed by atoms with Gasteiger partial charge < -0.3 is 15.6 Å². The first-order valence-corrected chi connectivity index (χ1v) is 6.19. The molecule has 0 heterocycles. The van der Waals surface area contributed by atoms with E-state index in [0.717, 1.165) is 17.7 Å². The molecule has 108 valence electrons. The standard InChI is InChI=1S/C14H21NO3.ClH/c1-10(2)7-8-18-12-5-3-11(4-6-12)9-13(15)14(16)17;/h3-6,10,13H,7-9,15H2,1-2H3,(H,16,17);1H/t13-;/m0./s1. The Morgan fingerprint density at radius 2 is 1.89 bits per heavy atom. The zero-order valence-electron chi connectivity index (χ0n) is 11.3. The van der Waals surface area contributed by atoms with E-state index in [1.165, 1.54) is 0 Å². The van der Waals surface area contributed by atoms with E-state index >= 15 is 0 Å². The normalized spacial score (nSPS) is 11.8. The maximum atomic E-state index is 10.6. The van der Waals surface area contributed by atoms with Crippen molar-refractivity contribution in [2.24, 2.45) is 11.7 Å². The molecule has 4 nitrogen and oxygen atoms in total. The van der Waals surface area contributed by atoms with Crippen LogP contribution < -0.4 is 10.5 Å². The average molecular weight is 288 g/mol. The fourth-order valence-corrected chi connectivity index (χ4v) is 1.48. The van der Waals surface area contributed by atoms with Gasteiger partial charge >= 0.3 is 5.97 Å². The second-order valence-corrected chi connectivity index (χ2v) is 4.82. The van der Waals surface area contributed by atoms with E-state index in [1.54, 1.807) is 0 Å². The summed E-state index contributed by atoms with van der Waals surface area (Å²) in [7, 11) is 0. The number of carboxylic acid groups (broad SMARTS) is 1. The highest BCUT2D eigenvalue weighted by molar-refractivity contribution is 5.85. The molecule has 0 aliphatic carbocycles. The molecule has 0 unspecified atom stereocenters. The van der Waals surface area contributed by atoms with Gasteiger partial charge in [0.05, 0.1) is 6.61 Å². The van der Waals surface area contributed by atoms with E-state index in [1.807, 2.05) is 24.3 Å². The van der Waals surface area contributed by atoms with Crippen molar-refractivity contribution in [1.82, 2.24) is 0 Å². The Bertz CT molecular complexity index is 379. The number of halogens is 1. The van der Waals surface area contributed by atoms with Gasteiger partial charge in [0, 0.05) is 0 Å². The number of aliphatic carboxylic acids is 1. The molecule has 0 aliphatic heterocycles. The minimum atomic E-state index is -0.979. The summed E-state index contributed by atoms with van der Waals surface area (Å²) in [6.45, 7) is 5.01. The summed E-state index contributed by atoms with van der Waals surface area (Å²) in [4.78, 5) is 10.6. The number of benzene rings is 1. The van der Waals surface area contributed by atoms with Crippen molar-refractivity contribution < 1.29 is 14.6 Å². The monoisotopic (exact) mass is 287 g/mol. The molecule has 1 atom stereocenters.